The molecule has 2 N–H and O–H groups in total. The predicted octanol–water partition coefficient (Wildman–Crippen LogP) is 1.66. The van der Waals surface area contributed by atoms with E-state index < -0.39 is 48.5 Å². The van der Waals surface area contributed by atoms with Crippen molar-refractivity contribution in [2.45, 2.75) is 0 Å². The molecule has 0 atom stereocenters. The van der Waals surface area contributed by atoms with E-state index in [1.807, 2.05) is 0 Å². The highest BCUT2D eigenvalue weighted by Gasteiger charge is 2.19. The van der Waals surface area contributed by atoms with Gasteiger partial charge in [0, 0.05) is 11.8 Å². The molecule has 29 heavy (non-hydrogen) atoms. The van der Waals surface area contributed by atoms with Crippen LogP contribution in [0.1, 0.15) is 20.7 Å². The summed E-state index contributed by atoms with van der Waals surface area (Å²) in [5.74, 6) is -5.35. The molecule has 2 aromatic carbocycles. The highest BCUT2D eigenvalue weighted by Crippen LogP contribution is 2.13. The molecule has 0 aromatic heterocycles. The van der Waals surface area contributed by atoms with Gasteiger partial charge in [0.25, 0.3) is 5.91 Å². The first-order valence-corrected chi connectivity index (χ1v) is 8.18. The number of rotatable bonds is 7. The molecule has 152 valence electrons. The van der Waals surface area contributed by atoms with Gasteiger partial charge >= 0.3 is 11.9 Å². The third-order valence-electron chi connectivity index (χ3n) is 3.54. The maximum Gasteiger partial charge on any atom is 0.339 e. The zero-order valence-corrected chi connectivity index (χ0v) is 15.2. The average Bonchev–Trinajstić information content (AvgIpc) is 2.72. The van der Waals surface area contributed by atoms with Gasteiger partial charge in [-0.1, -0.05) is 12.1 Å². The minimum atomic E-state index is -1.13. The molecule has 0 aliphatic heterocycles. The second-order valence-corrected chi connectivity index (χ2v) is 5.57. The van der Waals surface area contributed by atoms with Gasteiger partial charge in [0.2, 0.25) is 5.91 Å². The van der Waals surface area contributed by atoms with Gasteiger partial charge in [0.1, 0.15) is 0 Å². The first-order valence-electron chi connectivity index (χ1n) is 8.18. The zero-order valence-electron chi connectivity index (χ0n) is 15.2. The summed E-state index contributed by atoms with van der Waals surface area (Å²) in [4.78, 5) is 47.2. The fourth-order valence-corrected chi connectivity index (χ4v) is 2.17. The normalized spacial score (nSPS) is 10.0. The van der Waals surface area contributed by atoms with Crippen LogP contribution in [0.5, 0.6) is 0 Å². The van der Waals surface area contributed by atoms with Crippen molar-refractivity contribution >= 4 is 29.4 Å². The Balaban J connectivity index is 1.82. The SMILES string of the molecule is COC(=O)c1ccccc1C(=O)OCC(=O)NCC(=O)Nc1ccc(F)c(F)c1. The zero-order chi connectivity index (χ0) is 21.4. The number of hydrogen-bond acceptors (Lipinski definition) is 6. The van der Waals surface area contributed by atoms with E-state index in [-0.39, 0.29) is 16.8 Å². The Labute approximate surface area is 163 Å². The molecule has 0 unspecified atom stereocenters. The molecule has 0 spiro atoms. The average molecular weight is 406 g/mol. The minimum Gasteiger partial charge on any atom is -0.465 e. The van der Waals surface area contributed by atoms with Crippen LogP contribution in [-0.4, -0.2) is 44.0 Å². The van der Waals surface area contributed by atoms with Crippen molar-refractivity contribution in [3.05, 3.63) is 65.2 Å². The van der Waals surface area contributed by atoms with Crippen molar-refractivity contribution in [2.75, 3.05) is 25.6 Å². The van der Waals surface area contributed by atoms with Crippen molar-refractivity contribution in [1.82, 2.24) is 5.32 Å². The number of anilines is 1. The number of nitrogens with one attached hydrogen (secondary N) is 2. The van der Waals surface area contributed by atoms with Gasteiger partial charge in [0.05, 0.1) is 24.8 Å². The minimum absolute atomic E-state index is 0.00833. The maximum absolute atomic E-state index is 13.1. The third-order valence-corrected chi connectivity index (χ3v) is 3.54. The molecule has 0 bridgehead atoms. The number of hydrogen-bond donors (Lipinski definition) is 2. The van der Waals surface area contributed by atoms with Crippen molar-refractivity contribution in [2.24, 2.45) is 0 Å². The van der Waals surface area contributed by atoms with Gasteiger partial charge in [-0.15, -0.1) is 0 Å². The van der Waals surface area contributed by atoms with E-state index >= 15 is 0 Å². The molecule has 0 saturated heterocycles. The molecule has 2 amide bonds. The third kappa shape index (κ3) is 6.09. The monoisotopic (exact) mass is 406 g/mol. The van der Waals surface area contributed by atoms with Gasteiger partial charge in [-0.25, -0.2) is 18.4 Å². The number of halogens is 2. The van der Waals surface area contributed by atoms with Crippen LogP contribution in [0.2, 0.25) is 0 Å². The molecule has 2 rings (SSSR count). The number of esters is 2. The lowest BCUT2D eigenvalue weighted by Crippen LogP contribution is -2.35. The topological polar surface area (TPSA) is 111 Å². The molecular formula is C19H16F2N2O6. The molecule has 0 aliphatic rings. The van der Waals surface area contributed by atoms with Gasteiger partial charge in [-0.2, -0.15) is 0 Å². The fraction of sp³-hybridized carbons (Fsp3) is 0.158. The number of methoxy groups -OCH3 is 1. The smallest absolute Gasteiger partial charge is 0.339 e. The maximum atomic E-state index is 13.1. The van der Waals surface area contributed by atoms with Crippen LogP contribution < -0.4 is 10.6 Å². The summed E-state index contributed by atoms with van der Waals surface area (Å²) in [5, 5.41) is 4.46. The van der Waals surface area contributed by atoms with Gasteiger partial charge in [-0.3, -0.25) is 9.59 Å². The van der Waals surface area contributed by atoms with E-state index in [0.29, 0.717) is 0 Å². The molecule has 8 nitrogen and oxygen atoms in total. The Hall–Kier alpha value is -3.82. The second kappa shape index (κ2) is 9.93. The Morgan fingerprint density at radius 2 is 1.55 bits per heavy atom. The summed E-state index contributed by atoms with van der Waals surface area (Å²) in [7, 11) is 1.16. The summed E-state index contributed by atoms with van der Waals surface area (Å²) in [5.41, 5.74) is -0.0939. The van der Waals surface area contributed by atoms with E-state index in [1.165, 1.54) is 24.3 Å². The molecule has 0 saturated carbocycles. The highest BCUT2D eigenvalue weighted by atomic mass is 19.2. The lowest BCUT2D eigenvalue weighted by Gasteiger charge is -2.09. The van der Waals surface area contributed by atoms with Crippen molar-refractivity contribution in [1.29, 1.82) is 0 Å². The van der Waals surface area contributed by atoms with Crippen LogP contribution in [0.3, 0.4) is 0 Å². The lowest BCUT2D eigenvalue weighted by atomic mass is 10.1. The Morgan fingerprint density at radius 1 is 0.897 bits per heavy atom. The van der Waals surface area contributed by atoms with Gasteiger partial charge in [-0.05, 0) is 24.3 Å². The number of carbonyl (C=O) groups is 4. The van der Waals surface area contributed by atoms with Gasteiger partial charge in [0.15, 0.2) is 18.2 Å². The van der Waals surface area contributed by atoms with Crippen LogP contribution in [0.15, 0.2) is 42.5 Å². The van der Waals surface area contributed by atoms with E-state index in [9.17, 15) is 28.0 Å². The molecule has 2 aromatic rings. The van der Waals surface area contributed by atoms with Gasteiger partial charge < -0.3 is 20.1 Å². The van der Waals surface area contributed by atoms with Crippen LogP contribution >= 0.6 is 0 Å². The first-order chi connectivity index (χ1) is 13.8. The molecule has 0 aliphatic carbocycles. The summed E-state index contributed by atoms with van der Waals surface area (Å²) in [6.45, 7) is -1.19. The van der Waals surface area contributed by atoms with Crippen molar-refractivity contribution in [3.63, 3.8) is 0 Å². The quantitative estimate of drug-likeness (QED) is 0.677. The fourth-order valence-electron chi connectivity index (χ4n) is 2.17. The summed E-state index contributed by atoms with van der Waals surface area (Å²) < 4.78 is 35.3. The first kappa shape index (κ1) is 21.5. The van der Waals surface area contributed by atoms with Crippen LogP contribution in [0.4, 0.5) is 14.5 Å². The molecular weight excluding hydrogens is 390 g/mol. The largest absolute Gasteiger partial charge is 0.465 e. The summed E-state index contributed by atoms with van der Waals surface area (Å²) in [6.07, 6.45) is 0. The lowest BCUT2D eigenvalue weighted by molar-refractivity contribution is -0.126. The molecule has 0 fully saturated rings. The second-order valence-electron chi connectivity index (χ2n) is 5.57. The Kier molecular flexibility index (Phi) is 7.35. The predicted molar refractivity (Wildman–Crippen MR) is 96.1 cm³/mol. The van der Waals surface area contributed by atoms with Crippen LogP contribution in [0.25, 0.3) is 0 Å². The Morgan fingerprint density at radius 3 is 2.17 bits per heavy atom. The molecule has 0 radical (unpaired) electrons. The summed E-state index contributed by atoms with van der Waals surface area (Å²) in [6, 6.07) is 8.52. The van der Waals surface area contributed by atoms with E-state index in [1.54, 1.807) is 0 Å². The number of carbonyl (C=O) groups excluding carboxylic acids is 4. The standard InChI is InChI=1S/C19H16F2N2O6/c1-28-18(26)12-4-2-3-5-13(12)19(27)29-10-17(25)22-9-16(24)23-11-6-7-14(20)15(21)8-11/h2-8H,9-10H2,1H3,(H,22,25)(H,23,24). The highest BCUT2D eigenvalue weighted by molar-refractivity contribution is 6.03. The van der Waals surface area contributed by atoms with Crippen molar-refractivity contribution in [3.8, 4) is 0 Å². The summed E-state index contributed by atoms with van der Waals surface area (Å²) >= 11 is 0. The number of ether oxygens (including phenoxy) is 2. The molecule has 10 heteroatoms. The van der Waals surface area contributed by atoms with E-state index in [0.717, 1.165) is 25.3 Å². The van der Waals surface area contributed by atoms with Crippen LogP contribution in [-0.2, 0) is 19.1 Å². The van der Waals surface area contributed by atoms with Crippen molar-refractivity contribution < 1.29 is 37.4 Å². The van der Waals surface area contributed by atoms with Crippen LogP contribution in [0, 0.1) is 11.6 Å². The van der Waals surface area contributed by atoms with E-state index in [2.05, 4.69) is 15.4 Å². The number of amides is 2. The number of benzene rings is 2. The van der Waals surface area contributed by atoms with E-state index in [4.69, 9.17) is 4.74 Å². The Bertz CT molecular complexity index is 948. The molecule has 0 heterocycles.